The summed E-state index contributed by atoms with van der Waals surface area (Å²) in [5, 5.41) is 9.65. The SMILES string of the molecule is CCc1[nH]nc(C(=O)NCc2nc3ccc(F)cc3[nH]2)c1C. The summed E-state index contributed by atoms with van der Waals surface area (Å²) in [6.07, 6.45) is 0.793. The van der Waals surface area contributed by atoms with Gasteiger partial charge >= 0.3 is 0 Å². The number of carbonyl (C=O) groups is 1. The van der Waals surface area contributed by atoms with Gasteiger partial charge in [0.1, 0.15) is 11.6 Å². The number of H-pyrrole nitrogens is 2. The summed E-state index contributed by atoms with van der Waals surface area (Å²) in [4.78, 5) is 19.4. The third-order valence-corrected chi connectivity index (χ3v) is 3.59. The zero-order valence-corrected chi connectivity index (χ0v) is 12.3. The Kier molecular flexibility index (Phi) is 3.62. The van der Waals surface area contributed by atoms with Crippen LogP contribution >= 0.6 is 0 Å². The quantitative estimate of drug-likeness (QED) is 0.690. The van der Waals surface area contributed by atoms with E-state index in [4.69, 9.17) is 0 Å². The Morgan fingerprint density at radius 3 is 2.95 bits per heavy atom. The molecule has 0 fully saturated rings. The van der Waals surface area contributed by atoms with Gasteiger partial charge in [-0.1, -0.05) is 6.92 Å². The Morgan fingerprint density at radius 2 is 2.23 bits per heavy atom. The molecule has 0 spiro atoms. The molecular weight excluding hydrogens is 285 g/mol. The van der Waals surface area contributed by atoms with Crippen molar-refractivity contribution < 1.29 is 9.18 Å². The number of hydrogen-bond acceptors (Lipinski definition) is 3. The number of imidazole rings is 1. The number of rotatable bonds is 4. The van der Waals surface area contributed by atoms with Crippen LogP contribution in [0.4, 0.5) is 4.39 Å². The average molecular weight is 301 g/mol. The fraction of sp³-hybridized carbons (Fsp3) is 0.267. The molecule has 3 N–H and O–H groups in total. The predicted molar refractivity (Wildman–Crippen MR) is 79.9 cm³/mol. The summed E-state index contributed by atoms with van der Waals surface area (Å²) in [7, 11) is 0. The summed E-state index contributed by atoms with van der Waals surface area (Å²) in [6, 6.07) is 4.32. The van der Waals surface area contributed by atoms with E-state index in [2.05, 4.69) is 25.5 Å². The lowest BCUT2D eigenvalue weighted by atomic mass is 10.1. The molecule has 0 saturated heterocycles. The summed E-state index contributed by atoms with van der Waals surface area (Å²) in [5.74, 6) is -0.0241. The van der Waals surface area contributed by atoms with Crippen molar-refractivity contribution in [2.45, 2.75) is 26.8 Å². The van der Waals surface area contributed by atoms with Gasteiger partial charge in [0, 0.05) is 11.3 Å². The highest BCUT2D eigenvalue weighted by atomic mass is 19.1. The van der Waals surface area contributed by atoms with Crippen LogP contribution in [0, 0.1) is 12.7 Å². The first-order valence-electron chi connectivity index (χ1n) is 7.04. The molecule has 0 saturated carbocycles. The van der Waals surface area contributed by atoms with E-state index < -0.39 is 0 Å². The van der Waals surface area contributed by atoms with Gasteiger partial charge in [-0.25, -0.2) is 9.37 Å². The largest absolute Gasteiger partial charge is 0.343 e. The molecule has 114 valence electrons. The topological polar surface area (TPSA) is 86.5 Å². The van der Waals surface area contributed by atoms with Crippen molar-refractivity contribution in [2.24, 2.45) is 0 Å². The van der Waals surface area contributed by atoms with Crippen molar-refractivity contribution in [2.75, 3.05) is 0 Å². The molecule has 2 aromatic heterocycles. The van der Waals surface area contributed by atoms with Crippen molar-refractivity contribution in [3.63, 3.8) is 0 Å². The summed E-state index contributed by atoms with van der Waals surface area (Å²) in [5.41, 5.74) is 3.46. The molecule has 2 heterocycles. The zero-order chi connectivity index (χ0) is 15.7. The van der Waals surface area contributed by atoms with Crippen LogP contribution in [-0.2, 0) is 13.0 Å². The highest BCUT2D eigenvalue weighted by molar-refractivity contribution is 5.93. The molecule has 0 atom stereocenters. The number of aryl methyl sites for hydroxylation is 1. The van der Waals surface area contributed by atoms with E-state index >= 15 is 0 Å². The van der Waals surface area contributed by atoms with E-state index in [0.717, 1.165) is 17.7 Å². The molecule has 0 aliphatic carbocycles. The average Bonchev–Trinajstić information content (AvgIpc) is 3.07. The van der Waals surface area contributed by atoms with Crippen molar-refractivity contribution in [1.82, 2.24) is 25.5 Å². The maximum absolute atomic E-state index is 13.1. The first-order chi connectivity index (χ1) is 10.6. The number of benzene rings is 1. The maximum atomic E-state index is 13.1. The van der Waals surface area contributed by atoms with Crippen molar-refractivity contribution in [3.05, 3.63) is 46.8 Å². The number of fused-ring (bicyclic) bond motifs is 1. The maximum Gasteiger partial charge on any atom is 0.272 e. The lowest BCUT2D eigenvalue weighted by Crippen LogP contribution is -2.24. The van der Waals surface area contributed by atoms with Crippen LogP contribution in [0.15, 0.2) is 18.2 Å². The number of hydrogen-bond donors (Lipinski definition) is 3. The molecular formula is C15H16FN5O. The second kappa shape index (κ2) is 5.59. The van der Waals surface area contributed by atoms with E-state index in [0.29, 0.717) is 22.6 Å². The lowest BCUT2D eigenvalue weighted by Gasteiger charge is -2.01. The fourth-order valence-corrected chi connectivity index (χ4v) is 2.37. The number of aromatic nitrogens is 4. The van der Waals surface area contributed by atoms with Crippen molar-refractivity contribution in [3.8, 4) is 0 Å². The molecule has 7 heteroatoms. The van der Waals surface area contributed by atoms with Gasteiger partial charge in [-0.3, -0.25) is 9.89 Å². The zero-order valence-electron chi connectivity index (χ0n) is 12.3. The van der Waals surface area contributed by atoms with E-state index in [1.54, 1.807) is 6.07 Å². The number of nitrogens with zero attached hydrogens (tertiary/aromatic N) is 2. The Bertz CT molecular complexity index is 836. The van der Waals surface area contributed by atoms with Crippen LogP contribution in [0.5, 0.6) is 0 Å². The minimum atomic E-state index is -0.328. The molecule has 1 aromatic carbocycles. The van der Waals surface area contributed by atoms with E-state index in [9.17, 15) is 9.18 Å². The fourth-order valence-electron chi connectivity index (χ4n) is 2.37. The van der Waals surface area contributed by atoms with Gasteiger partial charge in [0.25, 0.3) is 5.91 Å². The van der Waals surface area contributed by atoms with Gasteiger partial charge in [0.2, 0.25) is 0 Å². The molecule has 0 unspecified atom stereocenters. The second-order valence-electron chi connectivity index (χ2n) is 5.06. The molecule has 22 heavy (non-hydrogen) atoms. The monoisotopic (exact) mass is 301 g/mol. The first-order valence-corrected chi connectivity index (χ1v) is 7.04. The van der Waals surface area contributed by atoms with Gasteiger partial charge in [-0.15, -0.1) is 0 Å². The van der Waals surface area contributed by atoms with Crippen LogP contribution in [0.25, 0.3) is 11.0 Å². The minimum Gasteiger partial charge on any atom is -0.343 e. The van der Waals surface area contributed by atoms with E-state index in [1.165, 1.54) is 12.1 Å². The molecule has 0 bridgehead atoms. The Balaban J connectivity index is 1.72. The molecule has 6 nitrogen and oxygen atoms in total. The third kappa shape index (κ3) is 2.57. The highest BCUT2D eigenvalue weighted by Crippen LogP contribution is 2.13. The van der Waals surface area contributed by atoms with Crippen LogP contribution in [0.2, 0.25) is 0 Å². The Hall–Kier alpha value is -2.70. The number of nitrogens with one attached hydrogen (secondary N) is 3. The molecule has 3 rings (SSSR count). The van der Waals surface area contributed by atoms with Gasteiger partial charge in [0.15, 0.2) is 5.69 Å². The molecule has 3 aromatic rings. The smallest absolute Gasteiger partial charge is 0.272 e. The third-order valence-electron chi connectivity index (χ3n) is 3.59. The number of amides is 1. The van der Waals surface area contributed by atoms with Gasteiger partial charge in [0.05, 0.1) is 17.6 Å². The van der Waals surface area contributed by atoms with Crippen LogP contribution in [0.3, 0.4) is 0 Å². The Labute approximate surface area is 126 Å². The molecule has 0 aliphatic heterocycles. The van der Waals surface area contributed by atoms with Crippen LogP contribution in [0.1, 0.15) is 34.5 Å². The van der Waals surface area contributed by atoms with Gasteiger partial charge in [-0.2, -0.15) is 5.10 Å². The minimum absolute atomic E-state index is 0.225. The summed E-state index contributed by atoms with van der Waals surface area (Å²) in [6.45, 7) is 4.08. The van der Waals surface area contributed by atoms with Gasteiger partial charge < -0.3 is 10.3 Å². The summed E-state index contributed by atoms with van der Waals surface area (Å²) >= 11 is 0. The van der Waals surface area contributed by atoms with Crippen LogP contribution in [-0.4, -0.2) is 26.1 Å². The van der Waals surface area contributed by atoms with E-state index in [-0.39, 0.29) is 18.3 Å². The summed E-state index contributed by atoms with van der Waals surface area (Å²) < 4.78 is 13.1. The predicted octanol–water partition coefficient (Wildman–Crippen LogP) is 2.23. The first kappa shape index (κ1) is 14.2. The van der Waals surface area contributed by atoms with Crippen molar-refractivity contribution in [1.29, 1.82) is 0 Å². The lowest BCUT2D eigenvalue weighted by molar-refractivity contribution is 0.0944. The van der Waals surface area contributed by atoms with Crippen LogP contribution < -0.4 is 5.32 Å². The number of aromatic amines is 2. The standard InChI is InChI=1S/C15H16FN5O/c1-3-10-8(2)14(21-20-10)15(22)17-7-13-18-11-5-4-9(16)6-12(11)19-13/h4-6H,3,7H2,1-2H3,(H,17,22)(H,18,19)(H,20,21). The molecule has 0 aliphatic rings. The second-order valence-corrected chi connectivity index (χ2v) is 5.06. The number of halogens is 1. The number of carbonyl (C=O) groups excluding carboxylic acids is 1. The molecule has 0 radical (unpaired) electrons. The highest BCUT2D eigenvalue weighted by Gasteiger charge is 2.15. The molecule has 1 amide bonds. The van der Waals surface area contributed by atoms with Crippen molar-refractivity contribution >= 4 is 16.9 Å². The normalized spacial score (nSPS) is 11.0. The van der Waals surface area contributed by atoms with E-state index in [1.807, 2.05) is 13.8 Å². The Morgan fingerprint density at radius 1 is 1.41 bits per heavy atom. The van der Waals surface area contributed by atoms with Gasteiger partial charge in [-0.05, 0) is 31.5 Å².